The first-order valence-electron chi connectivity index (χ1n) is 5.25. The Kier molecular flexibility index (Phi) is 4.45. The minimum absolute atomic E-state index is 0. The molecule has 1 saturated carbocycles. The van der Waals surface area contributed by atoms with Gasteiger partial charge in [-0.2, -0.15) is 15.0 Å². The Morgan fingerprint density at radius 3 is 2.59 bits per heavy atom. The number of hydrogen-bond donors (Lipinski definition) is 3. The SMILES string of the molecule is CCC(=O)Nc1nc(N)nc(NC2CC2)n1.Cl. The summed E-state index contributed by atoms with van der Waals surface area (Å²) in [5.74, 6) is 0.566. The molecule has 1 aromatic rings. The molecule has 2 rings (SSSR count). The summed E-state index contributed by atoms with van der Waals surface area (Å²) in [5, 5.41) is 5.64. The van der Waals surface area contributed by atoms with Gasteiger partial charge in [0.2, 0.25) is 23.8 Å². The van der Waals surface area contributed by atoms with Gasteiger partial charge in [0.25, 0.3) is 0 Å². The average molecular weight is 259 g/mol. The van der Waals surface area contributed by atoms with Crippen LogP contribution in [-0.4, -0.2) is 26.9 Å². The average Bonchev–Trinajstić information content (AvgIpc) is 3.00. The number of nitrogens with zero attached hydrogens (tertiary/aromatic N) is 3. The summed E-state index contributed by atoms with van der Waals surface area (Å²) in [5.41, 5.74) is 5.52. The van der Waals surface area contributed by atoms with E-state index in [1.807, 2.05) is 0 Å². The molecule has 0 saturated heterocycles. The number of hydrogen-bond acceptors (Lipinski definition) is 6. The van der Waals surface area contributed by atoms with E-state index >= 15 is 0 Å². The molecule has 0 bridgehead atoms. The lowest BCUT2D eigenvalue weighted by Crippen LogP contribution is -2.16. The van der Waals surface area contributed by atoms with Crippen molar-refractivity contribution in [2.45, 2.75) is 32.2 Å². The third-order valence-corrected chi connectivity index (χ3v) is 2.14. The summed E-state index contributed by atoms with van der Waals surface area (Å²) in [6, 6.07) is 0.427. The van der Waals surface area contributed by atoms with Gasteiger partial charge in [0.15, 0.2) is 0 Å². The minimum atomic E-state index is -0.150. The van der Waals surface area contributed by atoms with Crippen molar-refractivity contribution in [3.8, 4) is 0 Å². The number of nitrogen functional groups attached to an aromatic ring is 1. The lowest BCUT2D eigenvalue weighted by Gasteiger charge is -2.06. The smallest absolute Gasteiger partial charge is 0.236 e. The summed E-state index contributed by atoms with van der Waals surface area (Å²) in [6.45, 7) is 1.75. The number of anilines is 3. The number of carbonyl (C=O) groups is 1. The molecule has 8 heteroatoms. The Hall–Kier alpha value is -1.63. The Labute approximate surface area is 105 Å². The highest BCUT2D eigenvalue weighted by Gasteiger charge is 2.22. The van der Waals surface area contributed by atoms with E-state index in [1.165, 1.54) is 0 Å². The molecule has 0 spiro atoms. The quantitative estimate of drug-likeness (QED) is 0.738. The van der Waals surface area contributed by atoms with E-state index in [4.69, 9.17) is 5.73 Å². The lowest BCUT2D eigenvalue weighted by molar-refractivity contribution is -0.115. The molecule has 0 aromatic carbocycles. The zero-order valence-electron chi connectivity index (χ0n) is 9.43. The summed E-state index contributed by atoms with van der Waals surface area (Å²) < 4.78 is 0. The molecule has 1 aromatic heterocycles. The second kappa shape index (κ2) is 5.62. The van der Waals surface area contributed by atoms with E-state index in [1.54, 1.807) is 6.92 Å². The molecule has 1 fully saturated rings. The van der Waals surface area contributed by atoms with Gasteiger partial charge in [-0.25, -0.2) is 0 Å². The topological polar surface area (TPSA) is 106 Å². The largest absolute Gasteiger partial charge is 0.368 e. The van der Waals surface area contributed by atoms with E-state index in [0.717, 1.165) is 12.8 Å². The molecule has 1 aliphatic rings. The Balaban J connectivity index is 0.00000144. The molecular formula is C9H15ClN6O. The van der Waals surface area contributed by atoms with Crippen LogP contribution in [0.2, 0.25) is 0 Å². The molecular weight excluding hydrogens is 244 g/mol. The summed E-state index contributed by atoms with van der Waals surface area (Å²) in [6.07, 6.45) is 2.60. The van der Waals surface area contributed by atoms with Crippen LogP contribution in [0.4, 0.5) is 17.8 Å². The van der Waals surface area contributed by atoms with Crippen LogP contribution in [0.5, 0.6) is 0 Å². The van der Waals surface area contributed by atoms with Gasteiger partial charge in [-0.3, -0.25) is 10.1 Å². The normalized spacial score (nSPS) is 13.7. The number of nitrogens with two attached hydrogens (primary N) is 1. The number of amides is 1. The summed E-state index contributed by atoms with van der Waals surface area (Å²) in [7, 11) is 0. The van der Waals surface area contributed by atoms with Crippen molar-refractivity contribution < 1.29 is 4.79 Å². The van der Waals surface area contributed by atoms with Crippen molar-refractivity contribution >= 4 is 36.2 Å². The third kappa shape index (κ3) is 4.03. The minimum Gasteiger partial charge on any atom is -0.368 e. The molecule has 0 aliphatic heterocycles. The highest BCUT2D eigenvalue weighted by atomic mass is 35.5. The van der Waals surface area contributed by atoms with Gasteiger partial charge in [-0.05, 0) is 12.8 Å². The van der Waals surface area contributed by atoms with Crippen molar-refractivity contribution in [3.63, 3.8) is 0 Å². The molecule has 4 N–H and O–H groups in total. The van der Waals surface area contributed by atoms with Gasteiger partial charge in [-0.15, -0.1) is 12.4 Å². The van der Waals surface area contributed by atoms with E-state index in [-0.39, 0.29) is 30.2 Å². The maximum Gasteiger partial charge on any atom is 0.236 e. The van der Waals surface area contributed by atoms with Crippen LogP contribution < -0.4 is 16.4 Å². The highest BCUT2D eigenvalue weighted by Crippen LogP contribution is 2.23. The van der Waals surface area contributed by atoms with Gasteiger partial charge in [0.1, 0.15) is 0 Å². The molecule has 0 radical (unpaired) electrons. The highest BCUT2D eigenvalue weighted by molar-refractivity contribution is 5.88. The van der Waals surface area contributed by atoms with Crippen molar-refractivity contribution in [3.05, 3.63) is 0 Å². The fraction of sp³-hybridized carbons (Fsp3) is 0.556. The molecule has 94 valence electrons. The van der Waals surface area contributed by atoms with E-state index in [2.05, 4.69) is 25.6 Å². The first-order valence-corrected chi connectivity index (χ1v) is 5.25. The predicted octanol–water partition coefficient (Wildman–Crippen LogP) is 0.798. The first-order chi connectivity index (χ1) is 7.67. The second-order valence-electron chi connectivity index (χ2n) is 3.66. The van der Waals surface area contributed by atoms with Gasteiger partial charge in [0.05, 0.1) is 0 Å². The van der Waals surface area contributed by atoms with Crippen molar-refractivity contribution in [2.24, 2.45) is 0 Å². The molecule has 1 heterocycles. The molecule has 0 atom stereocenters. The lowest BCUT2D eigenvalue weighted by atomic mass is 10.5. The van der Waals surface area contributed by atoms with Gasteiger partial charge < -0.3 is 11.1 Å². The summed E-state index contributed by atoms with van der Waals surface area (Å²) in [4.78, 5) is 23.0. The van der Waals surface area contributed by atoms with Crippen LogP contribution in [0.1, 0.15) is 26.2 Å². The maximum absolute atomic E-state index is 11.2. The molecule has 1 amide bonds. The second-order valence-corrected chi connectivity index (χ2v) is 3.66. The number of rotatable bonds is 4. The number of carbonyl (C=O) groups excluding carboxylic acids is 1. The Morgan fingerprint density at radius 2 is 2.00 bits per heavy atom. The Morgan fingerprint density at radius 1 is 1.35 bits per heavy atom. The molecule has 0 unspecified atom stereocenters. The van der Waals surface area contributed by atoms with Crippen molar-refractivity contribution in [1.82, 2.24) is 15.0 Å². The van der Waals surface area contributed by atoms with Crippen molar-refractivity contribution in [1.29, 1.82) is 0 Å². The fourth-order valence-electron chi connectivity index (χ4n) is 1.14. The first kappa shape index (κ1) is 13.4. The van der Waals surface area contributed by atoms with Crippen LogP contribution in [-0.2, 0) is 4.79 Å². The summed E-state index contributed by atoms with van der Waals surface area (Å²) >= 11 is 0. The zero-order chi connectivity index (χ0) is 11.5. The predicted molar refractivity (Wildman–Crippen MR) is 67.1 cm³/mol. The number of aromatic nitrogens is 3. The van der Waals surface area contributed by atoms with Gasteiger partial charge >= 0.3 is 0 Å². The third-order valence-electron chi connectivity index (χ3n) is 2.14. The van der Waals surface area contributed by atoms with Gasteiger partial charge in [-0.1, -0.05) is 6.92 Å². The van der Waals surface area contributed by atoms with Gasteiger partial charge in [0, 0.05) is 12.5 Å². The van der Waals surface area contributed by atoms with Crippen LogP contribution in [0.25, 0.3) is 0 Å². The number of nitrogens with one attached hydrogen (secondary N) is 2. The van der Waals surface area contributed by atoms with E-state index < -0.39 is 0 Å². The van der Waals surface area contributed by atoms with Crippen LogP contribution in [0.15, 0.2) is 0 Å². The number of halogens is 1. The fourth-order valence-corrected chi connectivity index (χ4v) is 1.14. The van der Waals surface area contributed by atoms with Crippen LogP contribution in [0, 0.1) is 0 Å². The zero-order valence-corrected chi connectivity index (χ0v) is 10.3. The van der Waals surface area contributed by atoms with Crippen LogP contribution >= 0.6 is 12.4 Å². The van der Waals surface area contributed by atoms with E-state index in [9.17, 15) is 4.79 Å². The monoisotopic (exact) mass is 258 g/mol. The van der Waals surface area contributed by atoms with Crippen molar-refractivity contribution in [2.75, 3.05) is 16.4 Å². The molecule has 17 heavy (non-hydrogen) atoms. The van der Waals surface area contributed by atoms with Crippen LogP contribution in [0.3, 0.4) is 0 Å². The van der Waals surface area contributed by atoms with E-state index in [0.29, 0.717) is 18.4 Å². The standard InChI is InChI=1S/C9H14N6O.ClH/c1-2-6(16)12-9-14-7(10)13-8(15-9)11-5-3-4-5;/h5H,2-4H2,1H3,(H4,10,11,12,13,14,15,16);1H. The molecule has 7 nitrogen and oxygen atoms in total. The molecule has 1 aliphatic carbocycles. The maximum atomic E-state index is 11.2. The Bertz CT molecular complexity index is 408.